The minimum atomic E-state index is -4.61. The van der Waals surface area contributed by atoms with E-state index < -0.39 is 17.7 Å². The van der Waals surface area contributed by atoms with Crippen LogP contribution in [-0.2, 0) is 6.18 Å². The third-order valence-corrected chi connectivity index (χ3v) is 2.75. The second-order valence-corrected chi connectivity index (χ2v) is 4.37. The summed E-state index contributed by atoms with van der Waals surface area (Å²) in [7, 11) is 1.39. The highest BCUT2D eigenvalue weighted by molar-refractivity contribution is 6.33. The van der Waals surface area contributed by atoms with Gasteiger partial charge in [-0.1, -0.05) is 11.6 Å². The van der Waals surface area contributed by atoms with Gasteiger partial charge in [-0.2, -0.15) is 18.2 Å². The van der Waals surface area contributed by atoms with E-state index in [4.69, 9.17) is 11.6 Å². The first kappa shape index (κ1) is 15.3. The Kier molecular flexibility index (Phi) is 4.17. The Balaban J connectivity index is 2.39. The van der Waals surface area contributed by atoms with Crippen molar-refractivity contribution in [3.05, 3.63) is 40.8 Å². The minimum absolute atomic E-state index is 0.0215. The van der Waals surface area contributed by atoms with E-state index in [1.165, 1.54) is 13.1 Å². The number of alkyl halides is 3. The van der Waals surface area contributed by atoms with Gasteiger partial charge in [-0.15, -0.1) is 0 Å². The molecular weight excluding hydrogens is 312 g/mol. The van der Waals surface area contributed by atoms with Gasteiger partial charge < -0.3 is 10.6 Å². The zero-order valence-corrected chi connectivity index (χ0v) is 11.3. The number of nitrogens with zero attached hydrogens (tertiary/aromatic N) is 2. The van der Waals surface area contributed by atoms with Crippen molar-refractivity contribution in [1.82, 2.24) is 9.97 Å². The van der Waals surface area contributed by atoms with Crippen LogP contribution in [0.4, 0.5) is 35.0 Å². The topological polar surface area (TPSA) is 49.8 Å². The average Bonchev–Trinajstić information content (AvgIpc) is 2.40. The van der Waals surface area contributed by atoms with E-state index >= 15 is 0 Å². The Morgan fingerprint density at radius 2 is 1.86 bits per heavy atom. The molecule has 0 fully saturated rings. The quantitative estimate of drug-likeness (QED) is 0.837. The molecule has 0 saturated carbocycles. The molecule has 0 aliphatic rings. The summed E-state index contributed by atoms with van der Waals surface area (Å²) in [5, 5.41) is 5.05. The summed E-state index contributed by atoms with van der Waals surface area (Å²) < 4.78 is 51.1. The van der Waals surface area contributed by atoms with E-state index in [1.807, 2.05) is 0 Å². The summed E-state index contributed by atoms with van der Waals surface area (Å²) in [5.41, 5.74) is -0.880. The summed E-state index contributed by atoms with van der Waals surface area (Å²) in [6, 6.07) is 4.19. The zero-order chi connectivity index (χ0) is 15.6. The summed E-state index contributed by atoms with van der Waals surface area (Å²) in [4.78, 5) is 7.16. The van der Waals surface area contributed by atoms with Gasteiger partial charge in [0.15, 0.2) is 5.69 Å². The highest BCUT2D eigenvalue weighted by Gasteiger charge is 2.33. The molecule has 2 N–H and O–H groups in total. The van der Waals surface area contributed by atoms with Gasteiger partial charge in [-0.3, -0.25) is 0 Å². The van der Waals surface area contributed by atoms with Crippen molar-refractivity contribution in [3.8, 4) is 0 Å². The molecule has 1 heterocycles. The van der Waals surface area contributed by atoms with Crippen LogP contribution in [0.1, 0.15) is 5.69 Å². The number of hydrogen-bond acceptors (Lipinski definition) is 4. The van der Waals surface area contributed by atoms with E-state index in [2.05, 4.69) is 20.6 Å². The van der Waals surface area contributed by atoms with E-state index in [9.17, 15) is 17.6 Å². The van der Waals surface area contributed by atoms with Crippen LogP contribution in [0, 0.1) is 5.82 Å². The molecule has 2 rings (SSSR count). The van der Waals surface area contributed by atoms with Crippen molar-refractivity contribution in [1.29, 1.82) is 0 Å². The van der Waals surface area contributed by atoms with E-state index in [-0.39, 0.29) is 22.5 Å². The summed E-state index contributed by atoms with van der Waals surface area (Å²) in [5.74, 6) is -0.874. The molecule has 0 atom stereocenters. The van der Waals surface area contributed by atoms with Crippen LogP contribution >= 0.6 is 11.6 Å². The van der Waals surface area contributed by atoms with Crippen LogP contribution in [0.25, 0.3) is 0 Å². The molecule has 2 aromatic rings. The normalized spacial score (nSPS) is 11.3. The van der Waals surface area contributed by atoms with Gasteiger partial charge in [0.25, 0.3) is 0 Å². The smallest absolute Gasteiger partial charge is 0.357 e. The zero-order valence-electron chi connectivity index (χ0n) is 10.6. The molecule has 0 spiro atoms. The predicted octanol–water partition coefficient (Wildman–Crippen LogP) is 4.07. The van der Waals surface area contributed by atoms with Crippen molar-refractivity contribution >= 4 is 29.1 Å². The van der Waals surface area contributed by atoms with Gasteiger partial charge in [0.1, 0.15) is 11.6 Å². The minimum Gasteiger partial charge on any atom is -0.357 e. The second-order valence-electron chi connectivity index (χ2n) is 3.96. The van der Waals surface area contributed by atoms with Gasteiger partial charge in [0, 0.05) is 13.1 Å². The van der Waals surface area contributed by atoms with Crippen molar-refractivity contribution in [3.63, 3.8) is 0 Å². The predicted molar refractivity (Wildman–Crippen MR) is 71.3 cm³/mol. The number of nitrogens with one attached hydrogen (secondary N) is 2. The first-order valence-corrected chi connectivity index (χ1v) is 6.03. The molecule has 4 nitrogen and oxygen atoms in total. The Labute approximate surface area is 122 Å². The van der Waals surface area contributed by atoms with Crippen LogP contribution in [0.2, 0.25) is 5.02 Å². The van der Waals surface area contributed by atoms with Crippen molar-refractivity contribution in [2.75, 3.05) is 17.7 Å². The second kappa shape index (κ2) is 5.72. The van der Waals surface area contributed by atoms with Crippen molar-refractivity contribution in [2.24, 2.45) is 0 Å². The molecule has 0 unspecified atom stereocenters. The molecule has 112 valence electrons. The monoisotopic (exact) mass is 320 g/mol. The van der Waals surface area contributed by atoms with Crippen LogP contribution in [0.3, 0.4) is 0 Å². The maximum absolute atomic E-state index is 12.9. The van der Waals surface area contributed by atoms with Crippen molar-refractivity contribution < 1.29 is 17.6 Å². The molecule has 0 radical (unpaired) electrons. The molecule has 0 aliphatic heterocycles. The molecule has 0 amide bonds. The summed E-state index contributed by atoms with van der Waals surface area (Å²) in [6.07, 6.45) is -4.61. The Morgan fingerprint density at radius 1 is 1.14 bits per heavy atom. The first-order chi connectivity index (χ1) is 9.79. The average molecular weight is 321 g/mol. The molecule has 0 bridgehead atoms. The third-order valence-electron chi connectivity index (χ3n) is 2.43. The fourth-order valence-corrected chi connectivity index (χ4v) is 1.71. The third kappa shape index (κ3) is 3.72. The largest absolute Gasteiger partial charge is 0.433 e. The van der Waals surface area contributed by atoms with Crippen LogP contribution < -0.4 is 10.6 Å². The van der Waals surface area contributed by atoms with Crippen molar-refractivity contribution in [2.45, 2.75) is 6.18 Å². The number of anilines is 3. The lowest BCUT2D eigenvalue weighted by atomic mass is 10.3. The maximum Gasteiger partial charge on any atom is 0.433 e. The molecule has 0 saturated heterocycles. The molecule has 0 aliphatic carbocycles. The Hall–Kier alpha value is -2.09. The lowest BCUT2D eigenvalue weighted by molar-refractivity contribution is -0.141. The summed E-state index contributed by atoms with van der Waals surface area (Å²) in [6.45, 7) is 0. The highest BCUT2D eigenvalue weighted by atomic mass is 35.5. The number of hydrogen-bond donors (Lipinski definition) is 2. The Bertz CT molecular complexity index is 660. The molecule has 9 heteroatoms. The number of aromatic nitrogens is 2. The number of benzene rings is 1. The number of rotatable bonds is 3. The fourth-order valence-electron chi connectivity index (χ4n) is 1.50. The molecule has 21 heavy (non-hydrogen) atoms. The van der Waals surface area contributed by atoms with Crippen LogP contribution in [-0.4, -0.2) is 17.0 Å². The van der Waals surface area contributed by atoms with E-state index in [1.54, 1.807) is 0 Å². The SMILES string of the molecule is CNc1nc(Nc2ccc(F)cc2Cl)cc(C(F)(F)F)n1. The molecule has 1 aromatic carbocycles. The fraction of sp³-hybridized carbons (Fsp3) is 0.167. The maximum atomic E-state index is 12.9. The number of halogens is 5. The van der Waals surface area contributed by atoms with Gasteiger partial charge in [0.2, 0.25) is 5.95 Å². The standard InChI is InChI=1S/C12H9ClF4N4/c1-18-11-20-9(12(15,16)17)5-10(21-11)19-8-3-2-6(14)4-7(8)13/h2-5H,1H3,(H2,18,19,20,21). The highest BCUT2D eigenvalue weighted by Crippen LogP contribution is 2.31. The van der Waals surface area contributed by atoms with Crippen LogP contribution in [0.5, 0.6) is 0 Å². The van der Waals surface area contributed by atoms with Gasteiger partial charge in [-0.05, 0) is 18.2 Å². The van der Waals surface area contributed by atoms with Gasteiger partial charge in [-0.25, -0.2) is 9.37 Å². The lowest BCUT2D eigenvalue weighted by Crippen LogP contribution is -2.12. The molecule has 1 aromatic heterocycles. The van der Waals surface area contributed by atoms with E-state index in [0.29, 0.717) is 0 Å². The summed E-state index contributed by atoms with van der Waals surface area (Å²) >= 11 is 5.80. The van der Waals surface area contributed by atoms with Crippen LogP contribution in [0.15, 0.2) is 24.3 Å². The van der Waals surface area contributed by atoms with E-state index in [0.717, 1.165) is 18.2 Å². The van der Waals surface area contributed by atoms with Gasteiger partial charge in [0.05, 0.1) is 10.7 Å². The Morgan fingerprint density at radius 3 is 2.43 bits per heavy atom. The van der Waals surface area contributed by atoms with Gasteiger partial charge >= 0.3 is 6.18 Å². The molecular formula is C12H9ClF4N4. The first-order valence-electron chi connectivity index (χ1n) is 5.65. The lowest BCUT2D eigenvalue weighted by Gasteiger charge is -2.12.